The van der Waals surface area contributed by atoms with Crippen LogP contribution >= 0.6 is 0 Å². The van der Waals surface area contributed by atoms with E-state index < -0.39 is 0 Å². The third-order valence-electron chi connectivity index (χ3n) is 2.89. The molecule has 1 N–H and O–H groups in total. The minimum atomic E-state index is -0.0769. The van der Waals surface area contributed by atoms with Gasteiger partial charge < -0.3 is 10.1 Å². The Morgan fingerprint density at radius 2 is 2.50 bits per heavy atom. The minimum Gasteiger partial charge on any atom is -0.380 e. The van der Waals surface area contributed by atoms with Crippen LogP contribution in [0, 0.1) is 0 Å². The Bertz CT molecular complexity index is 353. The standard InChI is InChI=1S/C12H16N2O2/c1-16-10-7-11(14-8-10)12(15)6-9-4-2-3-5-13-9/h2-5,10-11,14H,6-8H2,1H3. The monoisotopic (exact) mass is 220 g/mol. The summed E-state index contributed by atoms with van der Waals surface area (Å²) in [4.78, 5) is 16.1. The smallest absolute Gasteiger partial charge is 0.155 e. The van der Waals surface area contributed by atoms with Crippen LogP contribution in [0.5, 0.6) is 0 Å². The van der Waals surface area contributed by atoms with Crippen molar-refractivity contribution in [1.29, 1.82) is 0 Å². The van der Waals surface area contributed by atoms with E-state index >= 15 is 0 Å². The molecule has 2 heterocycles. The van der Waals surface area contributed by atoms with E-state index in [1.807, 2.05) is 18.2 Å². The first-order chi connectivity index (χ1) is 7.79. The predicted octanol–water partition coefficient (Wildman–Crippen LogP) is 0.570. The van der Waals surface area contributed by atoms with E-state index in [1.165, 1.54) is 0 Å². The zero-order chi connectivity index (χ0) is 11.4. The lowest BCUT2D eigenvalue weighted by atomic mass is 10.1. The number of rotatable bonds is 4. The Balaban J connectivity index is 1.90. The van der Waals surface area contributed by atoms with Gasteiger partial charge in [-0.25, -0.2) is 0 Å². The number of aromatic nitrogens is 1. The summed E-state index contributed by atoms with van der Waals surface area (Å²) in [5, 5.41) is 3.18. The molecule has 0 aromatic carbocycles. The third-order valence-corrected chi connectivity index (χ3v) is 2.89. The van der Waals surface area contributed by atoms with Gasteiger partial charge in [-0.3, -0.25) is 9.78 Å². The maximum Gasteiger partial charge on any atom is 0.155 e. The topological polar surface area (TPSA) is 51.2 Å². The van der Waals surface area contributed by atoms with Gasteiger partial charge in [0.15, 0.2) is 5.78 Å². The van der Waals surface area contributed by atoms with Gasteiger partial charge in [0.25, 0.3) is 0 Å². The quantitative estimate of drug-likeness (QED) is 0.806. The van der Waals surface area contributed by atoms with Crippen LogP contribution in [-0.4, -0.2) is 36.6 Å². The summed E-state index contributed by atoms with van der Waals surface area (Å²) >= 11 is 0. The van der Waals surface area contributed by atoms with Crippen molar-refractivity contribution in [3.05, 3.63) is 30.1 Å². The number of Topliss-reactive ketones (excluding diaryl/α,β-unsaturated/α-hetero) is 1. The average Bonchev–Trinajstić information content (AvgIpc) is 2.79. The number of methoxy groups -OCH3 is 1. The molecular formula is C12H16N2O2. The van der Waals surface area contributed by atoms with Gasteiger partial charge in [0, 0.05) is 25.5 Å². The molecule has 0 amide bonds. The van der Waals surface area contributed by atoms with Crippen LogP contribution in [0.15, 0.2) is 24.4 Å². The van der Waals surface area contributed by atoms with Gasteiger partial charge in [-0.1, -0.05) is 6.07 Å². The van der Waals surface area contributed by atoms with E-state index in [0.29, 0.717) is 6.42 Å². The highest BCUT2D eigenvalue weighted by molar-refractivity contribution is 5.86. The maximum atomic E-state index is 11.9. The van der Waals surface area contributed by atoms with Gasteiger partial charge in [-0.05, 0) is 18.6 Å². The molecule has 1 fully saturated rings. The van der Waals surface area contributed by atoms with Crippen LogP contribution < -0.4 is 5.32 Å². The average molecular weight is 220 g/mol. The zero-order valence-electron chi connectivity index (χ0n) is 9.35. The number of ketones is 1. The zero-order valence-corrected chi connectivity index (χ0v) is 9.35. The highest BCUT2D eigenvalue weighted by Crippen LogP contribution is 2.12. The number of nitrogens with zero attached hydrogens (tertiary/aromatic N) is 1. The first-order valence-corrected chi connectivity index (χ1v) is 5.48. The lowest BCUT2D eigenvalue weighted by Gasteiger charge is -2.08. The summed E-state index contributed by atoms with van der Waals surface area (Å²) in [5.74, 6) is 0.193. The van der Waals surface area contributed by atoms with E-state index in [-0.39, 0.29) is 17.9 Å². The Labute approximate surface area is 95.0 Å². The number of hydrogen-bond acceptors (Lipinski definition) is 4. The number of ether oxygens (including phenoxy) is 1. The summed E-state index contributed by atoms with van der Waals surface area (Å²) < 4.78 is 5.21. The second kappa shape index (κ2) is 5.18. The first kappa shape index (κ1) is 11.2. The van der Waals surface area contributed by atoms with Gasteiger partial charge in [-0.15, -0.1) is 0 Å². The predicted molar refractivity (Wildman–Crippen MR) is 60.2 cm³/mol. The van der Waals surface area contributed by atoms with Crippen molar-refractivity contribution in [2.75, 3.05) is 13.7 Å². The molecule has 4 nitrogen and oxygen atoms in total. The maximum absolute atomic E-state index is 11.9. The van der Waals surface area contributed by atoms with Crippen molar-refractivity contribution in [1.82, 2.24) is 10.3 Å². The molecule has 4 heteroatoms. The molecule has 1 aliphatic rings. The lowest BCUT2D eigenvalue weighted by molar-refractivity contribution is -0.120. The largest absolute Gasteiger partial charge is 0.380 e. The minimum absolute atomic E-state index is 0.0769. The molecule has 1 saturated heterocycles. The number of carbonyl (C=O) groups is 1. The molecule has 2 rings (SSSR count). The molecule has 2 unspecified atom stereocenters. The van der Waals surface area contributed by atoms with Crippen molar-refractivity contribution in [2.24, 2.45) is 0 Å². The Morgan fingerprint density at radius 1 is 1.62 bits per heavy atom. The lowest BCUT2D eigenvalue weighted by Crippen LogP contribution is -2.32. The van der Waals surface area contributed by atoms with Crippen molar-refractivity contribution in [3.8, 4) is 0 Å². The molecule has 0 bridgehead atoms. The number of pyridine rings is 1. The molecule has 1 aromatic rings. The van der Waals surface area contributed by atoms with Gasteiger partial charge in [0.2, 0.25) is 0 Å². The third kappa shape index (κ3) is 2.65. The van der Waals surface area contributed by atoms with Crippen molar-refractivity contribution < 1.29 is 9.53 Å². The summed E-state index contributed by atoms with van der Waals surface area (Å²) in [6.45, 7) is 0.759. The molecular weight excluding hydrogens is 204 g/mol. The molecule has 16 heavy (non-hydrogen) atoms. The van der Waals surface area contributed by atoms with Gasteiger partial charge in [0.05, 0.1) is 18.6 Å². The SMILES string of the molecule is COC1CNC(C(=O)Cc2ccccn2)C1. The highest BCUT2D eigenvalue weighted by Gasteiger charge is 2.28. The van der Waals surface area contributed by atoms with Crippen LogP contribution in [0.1, 0.15) is 12.1 Å². The summed E-state index contributed by atoms with van der Waals surface area (Å²) in [6.07, 6.45) is 3.04. The fourth-order valence-corrected chi connectivity index (χ4v) is 1.93. The van der Waals surface area contributed by atoms with Crippen LogP contribution in [0.4, 0.5) is 0 Å². The second-order valence-corrected chi connectivity index (χ2v) is 4.02. The fourth-order valence-electron chi connectivity index (χ4n) is 1.93. The van der Waals surface area contributed by atoms with E-state index in [1.54, 1.807) is 13.3 Å². The van der Waals surface area contributed by atoms with Crippen molar-refractivity contribution in [2.45, 2.75) is 25.0 Å². The summed E-state index contributed by atoms with van der Waals surface area (Å²) in [6, 6.07) is 5.55. The van der Waals surface area contributed by atoms with Crippen LogP contribution in [0.2, 0.25) is 0 Å². The molecule has 0 radical (unpaired) electrons. The van der Waals surface area contributed by atoms with E-state index in [4.69, 9.17) is 4.74 Å². The molecule has 1 aliphatic heterocycles. The van der Waals surface area contributed by atoms with Crippen LogP contribution in [0.3, 0.4) is 0 Å². The molecule has 0 saturated carbocycles. The van der Waals surface area contributed by atoms with Crippen LogP contribution in [0.25, 0.3) is 0 Å². The van der Waals surface area contributed by atoms with Gasteiger partial charge >= 0.3 is 0 Å². The fraction of sp³-hybridized carbons (Fsp3) is 0.500. The van der Waals surface area contributed by atoms with Gasteiger partial charge in [0.1, 0.15) is 0 Å². The van der Waals surface area contributed by atoms with Crippen molar-refractivity contribution in [3.63, 3.8) is 0 Å². The molecule has 1 aromatic heterocycles. The normalized spacial score (nSPS) is 24.6. The molecule has 2 atom stereocenters. The van der Waals surface area contributed by atoms with Crippen LogP contribution in [-0.2, 0) is 16.0 Å². The van der Waals surface area contributed by atoms with E-state index in [9.17, 15) is 4.79 Å². The van der Waals surface area contributed by atoms with Gasteiger partial charge in [-0.2, -0.15) is 0 Å². The second-order valence-electron chi connectivity index (χ2n) is 4.02. The highest BCUT2D eigenvalue weighted by atomic mass is 16.5. The molecule has 0 spiro atoms. The number of hydrogen-bond donors (Lipinski definition) is 1. The Morgan fingerprint density at radius 3 is 3.12 bits per heavy atom. The first-order valence-electron chi connectivity index (χ1n) is 5.48. The molecule has 0 aliphatic carbocycles. The van der Waals surface area contributed by atoms with Crippen molar-refractivity contribution >= 4 is 5.78 Å². The Hall–Kier alpha value is -1.26. The molecule has 86 valence electrons. The summed E-state index contributed by atoms with van der Waals surface area (Å²) in [5.41, 5.74) is 0.829. The Kier molecular flexibility index (Phi) is 3.64. The number of nitrogens with one attached hydrogen (secondary N) is 1. The summed E-state index contributed by atoms with van der Waals surface area (Å²) in [7, 11) is 1.68. The van der Waals surface area contributed by atoms with E-state index in [0.717, 1.165) is 18.7 Å². The van der Waals surface area contributed by atoms with E-state index in [2.05, 4.69) is 10.3 Å². The number of carbonyl (C=O) groups excluding carboxylic acids is 1.